The van der Waals surface area contributed by atoms with Gasteiger partial charge in [0.2, 0.25) is 5.95 Å². The number of amides is 1. The van der Waals surface area contributed by atoms with Crippen LogP contribution >= 0.6 is 0 Å². The van der Waals surface area contributed by atoms with Gasteiger partial charge < -0.3 is 20.9 Å². The zero-order chi connectivity index (χ0) is 17.2. The van der Waals surface area contributed by atoms with Crippen LogP contribution in [0.1, 0.15) is 12.8 Å². The molecule has 1 aliphatic carbocycles. The second-order valence-electron chi connectivity index (χ2n) is 6.08. The molecule has 0 radical (unpaired) electrons. The number of benzene rings is 1. The number of nitrogens with one attached hydrogen (secondary N) is 1. The van der Waals surface area contributed by atoms with Crippen LogP contribution in [0.4, 0.5) is 14.9 Å². The molecular formula is C17H18FN3O3. The Labute approximate surface area is 138 Å². The van der Waals surface area contributed by atoms with Gasteiger partial charge in [0.05, 0.1) is 12.8 Å². The third kappa shape index (κ3) is 3.73. The Morgan fingerprint density at radius 2 is 2.08 bits per heavy atom. The molecule has 1 saturated carbocycles. The van der Waals surface area contributed by atoms with E-state index in [1.165, 1.54) is 6.20 Å². The Hall–Kier alpha value is -2.83. The number of halogens is 1. The van der Waals surface area contributed by atoms with E-state index in [9.17, 15) is 9.18 Å². The van der Waals surface area contributed by atoms with Crippen molar-refractivity contribution in [3.8, 4) is 16.9 Å². The van der Waals surface area contributed by atoms with Crippen molar-refractivity contribution in [2.75, 3.05) is 18.9 Å². The Morgan fingerprint density at radius 1 is 1.38 bits per heavy atom. The number of carbonyl (C=O) groups is 1. The molecule has 3 rings (SSSR count). The topological polar surface area (TPSA) is 97.5 Å². The fraction of sp³-hybridized carbons (Fsp3) is 0.294. The smallest absolute Gasteiger partial charge is 0.404 e. The van der Waals surface area contributed by atoms with Crippen LogP contribution in [0.5, 0.6) is 5.75 Å². The van der Waals surface area contributed by atoms with E-state index < -0.39 is 12.0 Å². The summed E-state index contributed by atoms with van der Waals surface area (Å²) in [5, 5.41) is 11.1. The third-order valence-electron chi connectivity index (χ3n) is 4.15. The summed E-state index contributed by atoms with van der Waals surface area (Å²) in [5.41, 5.74) is 7.06. The molecule has 1 aliphatic rings. The average molecular weight is 331 g/mol. The van der Waals surface area contributed by atoms with Crippen molar-refractivity contribution >= 4 is 11.8 Å². The molecule has 24 heavy (non-hydrogen) atoms. The molecule has 1 aromatic carbocycles. The second kappa shape index (κ2) is 6.35. The van der Waals surface area contributed by atoms with E-state index in [0.29, 0.717) is 35.7 Å². The molecule has 1 fully saturated rings. The molecule has 0 bridgehead atoms. The van der Waals surface area contributed by atoms with Gasteiger partial charge in [0.15, 0.2) is 0 Å². The maximum atomic E-state index is 14.0. The van der Waals surface area contributed by atoms with Crippen LogP contribution in [-0.4, -0.2) is 29.3 Å². The number of nitrogens with zero attached hydrogens (tertiary/aromatic N) is 1. The molecule has 1 aromatic heterocycles. The molecule has 6 nitrogen and oxygen atoms in total. The molecule has 0 atom stereocenters. The standard InChI is InChI=1S/C17H18FN3O3/c18-15-14(11-1-3-12(19)4-2-11)7-13(8-20-15)24-10-17(5-6-17)9-21-16(22)23/h1-4,7-8,21H,5-6,9-10,19H2,(H,22,23). The SMILES string of the molecule is Nc1ccc(-c2cc(OCC3(CNC(=O)O)CC3)cnc2F)cc1. The monoisotopic (exact) mass is 331 g/mol. The zero-order valence-corrected chi connectivity index (χ0v) is 13.0. The third-order valence-corrected chi connectivity index (χ3v) is 4.15. The number of anilines is 1. The largest absolute Gasteiger partial charge is 0.491 e. The van der Waals surface area contributed by atoms with Crippen molar-refractivity contribution in [1.29, 1.82) is 0 Å². The van der Waals surface area contributed by atoms with Gasteiger partial charge in [-0.2, -0.15) is 4.39 Å². The van der Waals surface area contributed by atoms with E-state index in [-0.39, 0.29) is 5.41 Å². The van der Waals surface area contributed by atoms with Crippen molar-refractivity contribution in [2.24, 2.45) is 5.41 Å². The molecule has 2 aromatic rings. The van der Waals surface area contributed by atoms with E-state index in [2.05, 4.69) is 10.3 Å². The molecule has 7 heteroatoms. The van der Waals surface area contributed by atoms with E-state index >= 15 is 0 Å². The highest BCUT2D eigenvalue weighted by Crippen LogP contribution is 2.45. The van der Waals surface area contributed by atoms with Gasteiger partial charge in [-0.05, 0) is 36.6 Å². The highest BCUT2D eigenvalue weighted by atomic mass is 19.1. The number of aromatic nitrogens is 1. The maximum Gasteiger partial charge on any atom is 0.404 e. The highest BCUT2D eigenvalue weighted by Gasteiger charge is 2.43. The predicted molar refractivity (Wildman–Crippen MR) is 87.2 cm³/mol. The molecule has 4 N–H and O–H groups in total. The summed E-state index contributed by atoms with van der Waals surface area (Å²) in [6.45, 7) is 0.712. The van der Waals surface area contributed by atoms with Gasteiger partial charge >= 0.3 is 6.09 Å². The van der Waals surface area contributed by atoms with Crippen LogP contribution in [0.15, 0.2) is 36.5 Å². The lowest BCUT2D eigenvalue weighted by Crippen LogP contribution is -2.31. The zero-order valence-electron chi connectivity index (χ0n) is 13.0. The minimum Gasteiger partial charge on any atom is -0.491 e. The van der Waals surface area contributed by atoms with Gasteiger partial charge in [-0.25, -0.2) is 9.78 Å². The second-order valence-corrected chi connectivity index (χ2v) is 6.08. The van der Waals surface area contributed by atoms with Crippen LogP contribution in [0.2, 0.25) is 0 Å². The van der Waals surface area contributed by atoms with Gasteiger partial charge in [-0.15, -0.1) is 0 Å². The van der Waals surface area contributed by atoms with Gasteiger partial charge in [-0.1, -0.05) is 12.1 Å². The summed E-state index contributed by atoms with van der Waals surface area (Å²) in [7, 11) is 0. The highest BCUT2D eigenvalue weighted by molar-refractivity contribution is 5.66. The molecule has 1 heterocycles. The summed E-state index contributed by atoms with van der Waals surface area (Å²) in [5.74, 6) is -0.134. The average Bonchev–Trinajstić information content (AvgIpc) is 3.34. The maximum absolute atomic E-state index is 14.0. The first-order valence-corrected chi connectivity index (χ1v) is 7.59. The van der Waals surface area contributed by atoms with Crippen LogP contribution in [-0.2, 0) is 0 Å². The Balaban J connectivity index is 1.70. The number of carboxylic acid groups (broad SMARTS) is 1. The fourth-order valence-corrected chi connectivity index (χ4v) is 2.42. The van der Waals surface area contributed by atoms with E-state index in [1.807, 2.05) is 0 Å². The number of pyridine rings is 1. The predicted octanol–water partition coefficient (Wildman–Crippen LogP) is 2.90. The van der Waals surface area contributed by atoms with Crippen molar-refractivity contribution < 1.29 is 19.0 Å². The first-order chi connectivity index (χ1) is 11.5. The quantitative estimate of drug-likeness (QED) is 0.558. The Bertz CT molecular complexity index is 745. The minimum absolute atomic E-state index is 0.172. The summed E-state index contributed by atoms with van der Waals surface area (Å²) in [6, 6.07) is 8.42. The van der Waals surface area contributed by atoms with Crippen molar-refractivity contribution in [1.82, 2.24) is 10.3 Å². The summed E-state index contributed by atoms with van der Waals surface area (Å²) >= 11 is 0. The molecular weight excluding hydrogens is 313 g/mol. The first kappa shape index (κ1) is 16.0. The number of ether oxygens (including phenoxy) is 1. The summed E-state index contributed by atoms with van der Waals surface area (Å²) < 4.78 is 19.7. The van der Waals surface area contributed by atoms with Gasteiger partial charge in [0, 0.05) is 23.2 Å². The fourth-order valence-electron chi connectivity index (χ4n) is 2.42. The number of nitrogen functional groups attached to an aromatic ring is 1. The van der Waals surface area contributed by atoms with Gasteiger partial charge in [0.25, 0.3) is 0 Å². The molecule has 0 saturated heterocycles. The van der Waals surface area contributed by atoms with E-state index in [0.717, 1.165) is 12.8 Å². The Morgan fingerprint density at radius 3 is 2.71 bits per heavy atom. The molecule has 0 spiro atoms. The molecule has 0 unspecified atom stereocenters. The van der Waals surface area contributed by atoms with Crippen LogP contribution < -0.4 is 15.8 Å². The number of rotatable bonds is 6. The van der Waals surface area contributed by atoms with Crippen LogP contribution in [0.25, 0.3) is 11.1 Å². The normalized spacial score (nSPS) is 14.9. The van der Waals surface area contributed by atoms with Crippen molar-refractivity contribution in [3.05, 3.63) is 42.5 Å². The molecule has 0 aliphatic heterocycles. The van der Waals surface area contributed by atoms with E-state index in [1.54, 1.807) is 30.3 Å². The Kier molecular flexibility index (Phi) is 4.24. The molecule has 1 amide bonds. The van der Waals surface area contributed by atoms with Gasteiger partial charge in [-0.3, -0.25) is 0 Å². The number of hydrogen-bond acceptors (Lipinski definition) is 4. The first-order valence-electron chi connectivity index (χ1n) is 7.59. The van der Waals surface area contributed by atoms with Crippen LogP contribution in [0, 0.1) is 11.4 Å². The lowest BCUT2D eigenvalue weighted by molar-refractivity contribution is 0.184. The van der Waals surface area contributed by atoms with Crippen LogP contribution in [0.3, 0.4) is 0 Å². The number of nitrogens with two attached hydrogens (primary N) is 1. The van der Waals surface area contributed by atoms with Crippen molar-refractivity contribution in [3.63, 3.8) is 0 Å². The lowest BCUT2D eigenvalue weighted by Gasteiger charge is -2.16. The van der Waals surface area contributed by atoms with Crippen molar-refractivity contribution in [2.45, 2.75) is 12.8 Å². The minimum atomic E-state index is -1.05. The lowest BCUT2D eigenvalue weighted by atomic mass is 10.1. The number of hydrogen-bond donors (Lipinski definition) is 3. The molecule has 126 valence electrons. The summed E-state index contributed by atoms with van der Waals surface area (Å²) in [6.07, 6.45) is 2.08. The van der Waals surface area contributed by atoms with E-state index in [4.69, 9.17) is 15.6 Å². The van der Waals surface area contributed by atoms with Gasteiger partial charge in [0.1, 0.15) is 5.75 Å². The summed E-state index contributed by atoms with van der Waals surface area (Å²) in [4.78, 5) is 14.3.